The van der Waals surface area contributed by atoms with E-state index in [4.69, 9.17) is 10.5 Å². The number of ether oxygens (including phenoxy) is 1. The van der Waals surface area contributed by atoms with Crippen LogP contribution in [0.4, 0.5) is 14.7 Å². The summed E-state index contributed by atoms with van der Waals surface area (Å²) in [5.41, 5.74) is 6.42. The first-order chi connectivity index (χ1) is 16.4. The molecule has 2 amide bonds. The zero-order valence-electron chi connectivity index (χ0n) is 18.3. The molecule has 34 heavy (non-hydrogen) atoms. The van der Waals surface area contributed by atoms with Crippen LogP contribution in [-0.4, -0.2) is 80.6 Å². The molecule has 0 saturated carbocycles. The molecule has 4 rings (SSSR count). The largest absolute Gasteiger partial charge is 0.379 e. The van der Waals surface area contributed by atoms with Crippen LogP contribution < -0.4 is 10.6 Å². The van der Waals surface area contributed by atoms with E-state index < -0.39 is 12.3 Å². The minimum atomic E-state index is -2.60. The topological polar surface area (TPSA) is 132 Å². The van der Waals surface area contributed by atoms with E-state index in [0.717, 1.165) is 12.4 Å². The lowest BCUT2D eigenvalue weighted by atomic mass is 10.3. The molecule has 1 aliphatic heterocycles. The number of piperazine rings is 1. The van der Waals surface area contributed by atoms with Crippen LogP contribution in [0, 0.1) is 0 Å². The summed E-state index contributed by atoms with van der Waals surface area (Å²) in [6, 6.07) is 3.21. The number of aromatic nitrogens is 5. The molecule has 13 heteroatoms. The summed E-state index contributed by atoms with van der Waals surface area (Å²) < 4.78 is 32.6. The van der Waals surface area contributed by atoms with Gasteiger partial charge in [-0.15, -0.1) is 0 Å². The highest BCUT2D eigenvalue weighted by atomic mass is 19.3. The highest BCUT2D eigenvalue weighted by Gasteiger charge is 2.22. The molecule has 3 aromatic heterocycles. The number of carbonyl (C=O) groups is 2. The zero-order chi connectivity index (χ0) is 24.1. The number of hydrogen-bond acceptors (Lipinski definition) is 8. The third-order valence-electron chi connectivity index (χ3n) is 5.48. The number of pyridine rings is 1. The van der Waals surface area contributed by atoms with Crippen LogP contribution in [0.15, 0.2) is 30.9 Å². The predicted molar refractivity (Wildman–Crippen MR) is 117 cm³/mol. The van der Waals surface area contributed by atoms with Crippen LogP contribution in [0.2, 0.25) is 0 Å². The fraction of sp³-hybridized carbons (Fsp3) is 0.429. The summed E-state index contributed by atoms with van der Waals surface area (Å²) in [4.78, 5) is 43.9. The van der Waals surface area contributed by atoms with Crippen LogP contribution in [0.5, 0.6) is 0 Å². The molecule has 1 aliphatic rings. The third-order valence-corrected chi connectivity index (χ3v) is 5.48. The Balaban J connectivity index is 1.18. The highest BCUT2D eigenvalue weighted by Crippen LogP contribution is 2.18. The molecular weight excluding hydrogens is 450 g/mol. The molecule has 2 N–H and O–H groups in total. The normalized spacial score (nSPS) is 14.2. The third kappa shape index (κ3) is 5.42. The van der Waals surface area contributed by atoms with E-state index in [0.29, 0.717) is 56.4 Å². The molecule has 0 aromatic carbocycles. The van der Waals surface area contributed by atoms with Gasteiger partial charge < -0.3 is 24.8 Å². The number of primary amides is 1. The van der Waals surface area contributed by atoms with E-state index in [9.17, 15) is 18.4 Å². The quantitative estimate of drug-likeness (QED) is 0.455. The van der Waals surface area contributed by atoms with E-state index in [1.54, 1.807) is 21.9 Å². The molecule has 11 nitrogen and oxygen atoms in total. The summed E-state index contributed by atoms with van der Waals surface area (Å²) in [5, 5.41) is 0. The van der Waals surface area contributed by atoms with Crippen molar-refractivity contribution in [2.75, 3.05) is 44.3 Å². The number of hydrogen-bond donors (Lipinski definition) is 1. The molecule has 0 spiro atoms. The van der Waals surface area contributed by atoms with Crippen LogP contribution >= 0.6 is 0 Å². The molecule has 3 aromatic rings. The number of imidazole rings is 1. The number of fused-ring (bicyclic) bond motifs is 1. The Bertz CT molecular complexity index is 1150. The van der Waals surface area contributed by atoms with Crippen LogP contribution in [0.3, 0.4) is 0 Å². The van der Waals surface area contributed by atoms with Crippen molar-refractivity contribution in [3.8, 4) is 0 Å². The number of nitrogens with zero attached hydrogens (tertiary/aromatic N) is 7. The van der Waals surface area contributed by atoms with E-state index >= 15 is 0 Å². The second-order valence-electron chi connectivity index (χ2n) is 7.69. The van der Waals surface area contributed by atoms with Gasteiger partial charge in [-0.2, -0.15) is 0 Å². The van der Waals surface area contributed by atoms with E-state index in [-0.39, 0.29) is 30.2 Å². The Hall–Kier alpha value is -3.74. The van der Waals surface area contributed by atoms with Gasteiger partial charge in [0.2, 0.25) is 11.9 Å². The first-order valence-electron chi connectivity index (χ1n) is 10.7. The second kappa shape index (κ2) is 10.5. The van der Waals surface area contributed by atoms with Gasteiger partial charge in [-0.05, 0) is 12.1 Å². The van der Waals surface area contributed by atoms with Gasteiger partial charge in [0, 0.05) is 45.1 Å². The molecule has 0 unspecified atom stereocenters. The van der Waals surface area contributed by atoms with E-state index in [1.807, 2.05) is 4.90 Å². The number of anilines is 1. The standard InChI is InChI=1S/C21H24F2N8O3/c22-18(23)14-11-25-21(26-12-14)30-6-4-29(5-7-30)17(32)3-9-34-10-8-31-13-27-16-2-1-15(19(24)33)28-20(16)31/h1-2,11-13,18H,3-10H2,(H2,24,33). The number of alkyl halides is 2. The van der Waals surface area contributed by atoms with Crippen molar-refractivity contribution in [2.24, 2.45) is 5.73 Å². The second-order valence-corrected chi connectivity index (χ2v) is 7.69. The van der Waals surface area contributed by atoms with E-state index in [1.165, 1.54) is 6.07 Å². The first-order valence-corrected chi connectivity index (χ1v) is 10.7. The van der Waals surface area contributed by atoms with Gasteiger partial charge in [0.05, 0.1) is 31.5 Å². The molecule has 1 saturated heterocycles. The van der Waals surface area contributed by atoms with Gasteiger partial charge in [-0.1, -0.05) is 0 Å². The monoisotopic (exact) mass is 474 g/mol. The molecular formula is C21H24F2N8O3. The van der Waals surface area contributed by atoms with Crippen LogP contribution in [0.25, 0.3) is 11.2 Å². The lowest BCUT2D eigenvalue weighted by Gasteiger charge is -2.34. The first kappa shape index (κ1) is 23.4. The fourth-order valence-electron chi connectivity index (χ4n) is 3.59. The number of carbonyl (C=O) groups excluding carboxylic acids is 2. The SMILES string of the molecule is NC(=O)c1ccc2ncn(CCOCCC(=O)N3CCN(c4ncc(C(F)F)cn4)CC3)c2n1. The summed E-state index contributed by atoms with van der Waals surface area (Å²) in [6.07, 6.45) is 1.51. The predicted octanol–water partition coefficient (Wildman–Crippen LogP) is 1.01. The van der Waals surface area contributed by atoms with Crippen molar-refractivity contribution in [2.45, 2.75) is 19.4 Å². The van der Waals surface area contributed by atoms with Gasteiger partial charge in [0.15, 0.2) is 5.65 Å². The Morgan fingerprint density at radius 3 is 2.47 bits per heavy atom. The van der Waals surface area contributed by atoms with Gasteiger partial charge >= 0.3 is 0 Å². The van der Waals surface area contributed by atoms with Crippen molar-refractivity contribution in [1.82, 2.24) is 29.4 Å². The van der Waals surface area contributed by atoms with Crippen molar-refractivity contribution in [3.63, 3.8) is 0 Å². The minimum absolute atomic E-state index is 0.0190. The fourth-order valence-corrected chi connectivity index (χ4v) is 3.59. The Labute approximate surface area is 193 Å². The van der Waals surface area contributed by atoms with Crippen molar-refractivity contribution < 1.29 is 23.1 Å². The maximum absolute atomic E-state index is 12.6. The van der Waals surface area contributed by atoms with Crippen molar-refractivity contribution in [1.29, 1.82) is 0 Å². The van der Waals surface area contributed by atoms with Crippen molar-refractivity contribution in [3.05, 3.63) is 42.1 Å². The van der Waals surface area contributed by atoms with E-state index in [2.05, 4.69) is 19.9 Å². The maximum atomic E-state index is 12.6. The Morgan fingerprint density at radius 2 is 1.79 bits per heavy atom. The van der Waals surface area contributed by atoms with Crippen LogP contribution in [0.1, 0.15) is 28.9 Å². The van der Waals surface area contributed by atoms with Gasteiger partial charge in [0.1, 0.15) is 11.2 Å². The average molecular weight is 474 g/mol. The average Bonchev–Trinajstić information content (AvgIpc) is 3.26. The lowest BCUT2D eigenvalue weighted by Crippen LogP contribution is -2.49. The molecule has 4 heterocycles. The smallest absolute Gasteiger partial charge is 0.267 e. The Morgan fingerprint density at radius 1 is 1.06 bits per heavy atom. The highest BCUT2D eigenvalue weighted by molar-refractivity contribution is 5.92. The molecule has 0 radical (unpaired) electrons. The molecule has 0 aliphatic carbocycles. The summed E-state index contributed by atoms with van der Waals surface area (Å²) in [5.74, 6) is -0.249. The number of amides is 2. The lowest BCUT2D eigenvalue weighted by molar-refractivity contribution is -0.132. The summed E-state index contributed by atoms with van der Waals surface area (Å²) in [7, 11) is 0. The minimum Gasteiger partial charge on any atom is -0.379 e. The van der Waals surface area contributed by atoms with Gasteiger partial charge in [-0.3, -0.25) is 9.59 Å². The van der Waals surface area contributed by atoms with Crippen LogP contribution in [-0.2, 0) is 16.1 Å². The molecule has 0 bridgehead atoms. The van der Waals surface area contributed by atoms with Crippen molar-refractivity contribution >= 4 is 28.9 Å². The zero-order valence-corrected chi connectivity index (χ0v) is 18.3. The summed E-state index contributed by atoms with van der Waals surface area (Å²) >= 11 is 0. The number of rotatable bonds is 9. The summed E-state index contributed by atoms with van der Waals surface area (Å²) in [6.45, 7) is 3.11. The number of halogens is 2. The van der Waals surface area contributed by atoms with Gasteiger partial charge in [0.25, 0.3) is 12.3 Å². The Kier molecular flexibility index (Phi) is 7.21. The molecule has 180 valence electrons. The molecule has 1 fully saturated rings. The van der Waals surface area contributed by atoms with Gasteiger partial charge in [-0.25, -0.2) is 28.7 Å². The maximum Gasteiger partial charge on any atom is 0.267 e. The number of nitrogens with two attached hydrogens (primary N) is 1. The molecule has 0 atom stereocenters.